The maximum Gasteiger partial charge on any atom is 0.317 e. The molecule has 6 heteroatoms. The predicted octanol–water partition coefficient (Wildman–Crippen LogP) is 1.66. The zero-order chi connectivity index (χ0) is 13.5. The average Bonchev–Trinajstić information content (AvgIpc) is 2.33. The van der Waals surface area contributed by atoms with Crippen LogP contribution in [0.5, 0.6) is 0 Å². The molecule has 1 aromatic carbocycles. The first-order valence-corrected chi connectivity index (χ1v) is 5.96. The van der Waals surface area contributed by atoms with E-state index in [9.17, 15) is 9.18 Å². The highest BCUT2D eigenvalue weighted by Gasteiger charge is 2.09. The van der Waals surface area contributed by atoms with E-state index < -0.39 is 0 Å². The van der Waals surface area contributed by atoms with Crippen molar-refractivity contribution in [2.24, 2.45) is 0 Å². The summed E-state index contributed by atoms with van der Waals surface area (Å²) < 4.78 is 13.4. The summed E-state index contributed by atoms with van der Waals surface area (Å²) in [5.41, 5.74) is 0.393. The van der Waals surface area contributed by atoms with Crippen LogP contribution in [0, 0.1) is 5.82 Å². The Labute approximate surface area is 110 Å². The molecule has 0 aromatic heterocycles. The standard InChI is InChI=1S/C12H16ClFN2O2/c1-16(7-8-17)12(18)15-6-5-9-10(13)3-2-4-11(9)14/h2-4,17H,5-8H2,1H3,(H,15,18). The Morgan fingerprint density at radius 3 is 2.89 bits per heavy atom. The lowest BCUT2D eigenvalue weighted by molar-refractivity contribution is 0.190. The second kappa shape index (κ2) is 7.18. The van der Waals surface area contributed by atoms with Gasteiger partial charge in [0.25, 0.3) is 0 Å². The molecule has 0 unspecified atom stereocenters. The molecule has 0 aliphatic heterocycles. The molecule has 0 heterocycles. The molecular weight excluding hydrogens is 259 g/mol. The normalized spacial score (nSPS) is 10.2. The molecule has 0 spiro atoms. The van der Waals surface area contributed by atoms with Crippen molar-refractivity contribution in [1.82, 2.24) is 10.2 Å². The summed E-state index contributed by atoms with van der Waals surface area (Å²) in [6.45, 7) is 0.449. The van der Waals surface area contributed by atoms with Gasteiger partial charge in [-0.3, -0.25) is 0 Å². The number of carbonyl (C=O) groups excluding carboxylic acids is 1. The van der Waals surface area contributed by atoms with E-state index in [4.69, 9.17) is 16.7 Å². The number of hydrogen-bond acceptors (Lipinski definition) is 2. The number of likely N-dealkylation sites (N-methyl/N-ethyl adjacent to an activating group) is 1. The number of urea groups is 1. The summed E-state index contributed by atoms with van der Waals surface area (Å²) >= 11 is 5.86. The molecule has 0 fully saturated rings. The number of benzene rings is 1. The lowest BCUT2D eigenvalue weighted by Crippen LogP contribution is -2.39. The first kappa shape index (κ1) is 14.7. The third kappa shape index (κ3) is 4.16. The third-order valence-electron chi connectivity index (χ3n) is 2.50. The molecule has 0 saturated heterocycles. The Bertz CT molecular complexity index is 395. The van der Waals surface area contributed by atoms with Crippen LogP contribution in [0.2, 0.25) is 5.02 Å². The Balaban J connectivity index is 2.44. The van der Waals surface area contributed by atoms with Crippen molar-refractivity contribution in [3.8, 4) is 0 Å². The van der Waals surface area contributed by atoms with E-state index in [2.05, 4.69) is 5.32 Å². The maximum absolute atomic E-state index is 13.4. The highest BCUT2D eigenvalue weighted by Crippen LogP contribution is 2.18. The van der Waals surface area contributed by atoms with Crippen molar-refractivity contribution < 1.29 is 14.3 Å². The lowest BCUT2D eigenvalue weighted by atomic mass is 10.1. The number of rotatable bonds is 5. The van der Waals surface area contributed by atoms with Gasteiger partial charge in [0.05, 0.1) is 6.61 Å². The van der Waals surface area contributed by atoms with Crippen LogP contribution in [0.1, 0.15) is 5.56 Å². The molecule has 100 valence electrons. The quantitative estimate of drug-likeness (QED) is 0.858. The molecule has 0 aliphatic rings. The van der Waals surface area contributed by atoms with Gasteiger partial charge < -0.3 is 15.3 Å². The van der Waals surface area contributed by atoms with Crippen LogP contribution in [0.3, 0.4) is 0 Å². The highest BCUT2D eigenvalue weighted by atomic mass is 35.5. The topological polar surface area (TPSA) is 52.6 Å². The van der Waals surface area contributed by atoms with Gasteiger partial charge in [-0.1, -0.05) is 17.7 Å². The Morgan fingerprint density at radius 2 is 2.28 bits per heavy atom. The monoisotopic (exact) mass is 274 g/mol. The van der Waals surface area contributed by atoms with E-state index in [-0.39, 0.29) is 31.5 Å². The number of amides is 2. The summed E-state index contributed by atoms with van der Waals surface area (Å²) in [4.78, 5) is 12.8. The third-order valence-corrected chi connectivity index (χ3v) is 2.85. The Morgan fingerprint density at radius 1 is 1.56 bits per heavy atom. The Hall–Kier alpha value is -1.33. The molecule has 2 N–H and O–H groups in total. The lowest BCUT2D eigenvalue weighted by Gasteiger charge is -2.16. The van der Waals surface area contributed by atoms with Crippen LogP contribution >= 0.6 is 11.6 Å². The number of halogens is 2. The van der Waals surface area contributed by atoms with E-state index >= 15 is 0 Å². The molecule has 18 heavy (non-hydrogen) atoms. The van der Waals surface area contributed by atoms with Gasteiger partial charge in [0.1, 0.15) is 5.82 Å². The van der Waals surface area contributed by atoms with Gasteiger partial charge >= 0.3 is 6.03 Å². The van der Waals surface area contributed by atoms with Gasteiger partial charge in [-0.25, -0.2) is 9.18 Å². The maximum atomic E-state index is 13.4. The fraction of sp³-hybridized carbons (Fsp3) is 0.417. The summed E-state index contributed by atoms with van der Waals surface area (Å²) in [6.07, 6.45) is 0.324. The van der Waals surface area contributed by atoms with Crippen LogP contribution in [0.25, 0.3) is 0 Å². The number of nitrogens with one attached hydrogen (secondary N) is 1. The minimum atomic E-state index is -0.375. The summed E-state index contributed by atoms with van der Waals surface area (Å²) in [5.74, 6) is -0.375. The fourth-order valence-corrected chi connectivity index (χ4v) is 1.71. The summed E-state index contributed by atoms with van der Waals surface area (Å²) in [6, 6.07) is 4.17. The van der Waals surface area contributed by atoms with E-state index in [0.29, 0.717) is 17.0 Å². The number of hydrogen-bond donors (Lipinski definition) is 2. The van der Waals surface area contributed by atoms with Crippen molar-refractivity contribution in [3.63, 3.8) is 0 Å². The summed E-state index contributed by atoms with van der Waals surface area (Å²) in [7, 11) is 1.57. The van der Waals surface area contributed by atoms with Gasteiger partial charge in [0.15, 0.2) is 0 Å². The van der Waals surface area contributed by atoms with Gasteiger partial charge in [0.2, 0.25) is 0 Å². The van der Waals surface area contributed by atoms with Gasteiger partial charge in [-0.05, 0) is 18.6 Å². The van der Waals surface area contributed by atoms with Crippen LogP contribution < -0.4 is 5.32 Å². The smallest absolute Gasteiger partial charge is 0.317 e. The Kier molecular flexibility index (Phi) is 5.88. The molecule has 0 radical (unpaired) electrons. The van der Waals surface area contributed by atoms with Crippen molar-refractivity contribution in [2.75, 3.05) is 26.7 Å². The minimum Gasteiger partial charge on any atom is -0.395 e. The van der Waals surface area contributed by atoms with Gasteiger partial charge in [0, 0.05) is 30.7 Å². The molecule has 0 bridgehead atoms. The van der Waals surface area contributed by atoms with Crippen molar-refractivity contribution >= 4 is 17.6 Å². The zero-order valence-corrected chi connectivity index (χ0v) is 10.9. The summed E-state index contributed by atoms with van der Waals surface area (Å²) in [5, 5.41) is 11.6. The second-order valence-corrected chi connectivity index (χ2v) is 4.23. The van der Waals surface area contributed by atoms with E-state index in [1.165, 1.54) is 17.0 Å². The van der Waals surface area contributed by atoms with Crippen molar-refractivity contribution in [3.05, 3.63) is 34.6 Å². The molecule has 2 amide bonds. The van der Waals surface area contributed by atoms with Crippen molar-refractivity contribution in [1.29, 1.82) is 0 Å². The van der Waals surface area contributed by atoms with E-state index in [1.54, 1.807) is 13.1 Å². The first-order valence-electron chi connectivity index (χ1n) is 5.59. The highest BCUT2D eigenvalue weighted by molar-refractivity contribution is 6.31. The van der Waals surface area contributed by atoms with Gasteiger partial charge in [-0.2, -0.15) is 0 Å². The second-order valence-electron chi connectivity index (χ2n) is 3.83. The number of nitrogens with zero attached hydrogens (tertiary/aromatic N) is 1. The number of aliphatic hydroxyl groups is 1. The predicted molar refractivity (Wildman–Crippen MR) is 68.2 cm³/mol. The van der Waals surface area contributed by atoms with Gasteiger partial charge in [-0.15, -0.1) is 0 Å². The largest absolute Gasteiger partial charge is 0.395 e. The molecule has 0 aliphatic carbocycles. The molecule has 0 saturated carbocycles. The van der Waals surface area contributed by atoms with E-state index in [0.717, 1.165) is 0 Å². The van der Waals surface area contributed by atoms with Crippen molar-refractivity contribution in [2.45, 2.75) is 6.42 Å². The minimum absolute atomic E-state index is 0.0942. The zero-order valence-electron chi connectivity index (χ0n) is 10.1. The molecule has 0 atom stereocenters. The SMILES string of the molecule is CN(CCO)C(=O)NCCc1c(F)cccc1Cl. The van der Waals surface area contributed by atoms with Crippen LogP contribution in [0.4, 0.5) is 9.18 Å². The van der Waals surface area contributed by atoms with E-state index in [1.807, 2.05) is 0 Å². The molecule has 1 aromatic rings. The average molecular weight is 275 g/mol. The molecule has 1 rings (SSSR count). The number of carbonyl (C=O) groups is 1. The van der Waals surface area contributed by atoms with Crippen LogP contribution in [-0.2, 0) is 6.42 Å². The fourth-order valence-electron chi connectivity index (χ4n) is 1.45. The first-order chi connectivity index (χ1) is 8.56. The molecule has 4 nitrogen and oxygen atoms in total. The number of aliphatic hydroxyl groups excluding tert-OH is 1. The van der Waals surface area contributed by atoms with Crippen LogP contribution in [0.15, 0.2) is 18.2 Å². The van der Waals surface area contributed by atoms with Crippen LogP contribution in [-0.4, -0.2) is 42.8 Å². The molecular formula is C12H16ClFN2O2.